The smallest absolute Gasteiger partial charge is 0.230 e. The van der Waals surface area contributed by atoms with Crippen LogP contribution in [0.25, 0.3) is 17.1 Å². The molecule has 2 heterocycles. The van der Waals surface area contributed by atoms with E-state index < -0.39 is 5.82 Å². The van der Waals surface area contributed by atoms with Gasteiger partial charge in [-0.15, -0.1) is 10.2 Å². The quantitative estimate of drug-likeness (QED) is 0.553. The number of carbonyl (C=O) groups is 1. The van der Waals surface area contributed by atoms with Gasteiger partial charge in [-0.3, -0.25) is 9.36 Å². The number of nitrogens with one attached hydrogen (secondary N) is 1. The summed E-state index contributed by atoms with van der Waals surface area (Å²) >= 11 is 7.53. The third kappa shape index (κ3) is 4.66. The molecule has 2 aromatic carbocycles. The highest BCUT2D eigenvalue weighted by atomic mass is 35.5. The van der Waals surface area contributed by atoms with Crippen molar-refractivity contribution >= 4 is 29.3 Å². The molecule has 1 unspecified atom stereocenters. The van der Waals surface area contributed by atoms with Crippen molar-refractivity contribution in [2.24, 2.45) is 0 Å². The van der Waals surface area contributed by atoms with E-state index >= 15 is 0 Å². The van der Waals surface area contributed by atoms with Crippen molar-refractivity contribution in [1.82, 2.24) is 20.1 Å². The molecule has 4 rings (SSSR count). The van der Waals surface area contributed by atoms with Gasteiger partial charge < -0.3 is 10.1 Å². The molecule has 1 fully saturated rings. The van der Waals surface area contributed by atoms with Gasteiger partial charge >= 0.3 is 0 Å². The van der Waals surface area contributed by atoms with Crippen LogP contribution in [0.5, 0.6) is 0 Å². The van der Waals surface area contributed by atoms with E-state index in [0.717, 1.165) is 19.4 Å². The molecule has 0 bridgehead atoms. The SMILES string of the molecule is O=C(CSc1nnc(-c2ccccc2Cl)n1-c1ccccc1F)NCC1CCCO1. The second-order valence-electron chi connectivity index (χ2n) is 6.80. The minimum Gasteiger partial charge on any atom is -0.376 e. The molecule has 0 spiro atoms. The number of amides is 1. The van der Waals surface area contributed by atoms with E-state index in [-0.39, 0.29) is 17.8 Å². The van der Waals surface area contributed by atoms with Crippen LogP contribution in [0.1, 0.15) is 12.8 Å². The number of aromatic nitrogens is 3. The summed E-state index contributed by atoms with van der Waals surface area (Å²) in [7, 11) is 0. The normalized spacial score (nSPS) is 16.0. The van der Waals surface area contributed by atoms with E-state index in [1.165, 1.54) is 17.8 Å². The number of carbonyl (C=O) groups excluding carboxylic acids is 1. The van der Waals surface area contributed by atoms with E-state index in [1.807, 2.05) is 12.1 Å². The van der Waals surface area contributed by atoms with Crippen LogP contribution in [-0.2, 0) is 9.53 Å². The Morgan fingerprint density at radius 3 is 2.80 bits per heavy atom. The van der Waals surface area contributed by atoms with Gasteiger partial charge in [0, 0.05) is 18.7 Å². The molecule has 1 saturated heterocycles. The molecular formula is C21H20ClFN4O2S. The Hall–Kier alpha value is -2.42. The zero-order chi connectivity index (χ0) is 20.9. The number of hydrogen-bond donors (Lipinski definition) is 1. The lowest BCUT2D eigenvalue weighted by Gasteiger charge is -2.13. The first kappa shape index (κ1) is 20.8. The summed E-state index contributed by atoms with van der Waals surface area (Å²) in [6.07, 6.45) is 2.05. The van der Waals surface area contributed by atoms with Crippen molar-refractivity contribution in [3.05, 3.63) is 59.4 Å². The third-order valence-electron chi connectivity index (χ3n) is 4.72. The van der Waals surface area contributed by atoms with Crippen LogP contribution in [0.4, 0.5) is 4.39 Å². The summed E-state index contributed by atoms with van der Waals surface area (Å²) in [4.78, 5) is 12.3. The van der Waals surface area contributed by atoms with Crippen molar-refractivity contribution in [2.75, 3.05) is 18.9 Å². The molecule has 3 aromatic rings. The number of benzene rings is 2. The maximum absolute atomic E-state index is 14.6. The van der Waals surface area contributed by atoms with Gasteiger partial charge in [-0.25, -0.2) is 4.39 Å². The Balaban J connectivity index is 1.58. The molecular weight excluding hydrogens is 427 g/mol. The maximum atomic E-state index is 14.6. The summed E-state index contributed by atoms with van der Waals surface area (Å²) in [5.74, 6) is -0.0249. The molecule has 1 aliphatic heterocycles. The highest BCUT2D eigenvalue weighted by Gasteiger charge is 2.21. The average Bonchev–Trinajstić information content (AvgIpc) is 3.41. The summed E-state index contributed by atoms with van der Waals surface area (Å²) < 4.78 is 21.7. The highest BCUT2D eigenvalue weighted by Crippen LogP contribution is 2.32. The summed E-state index contributed by atoms with van der Waals surface area (Å²) in [5, 5.41) is 12.2. The molecule has 156 valence electrons. The number of thioether (sulfide) groups is 1. The van der Waals surface area contributed by atoms with Crippen LogP contribution in [-0.4, -0.2) is 45.7 Å². The number of ether oxygens (including phenoxy) is 1. The van der Waals surface area contributed by atoms with Gasteiger partial charge in [0.25, 0.3) is 0 Å². The highest BCUT2D eigenvalue weighted by molar-refractivity contribution is 7.99. The molecule has 1 atom stereocenters. The Morgan fingerprint density at radius 1 is 1.23 bits per heavy atom. The van der Waals surface area contributed by atoms with Gasteiger partial charge in [0.15, 0.2) is 11.0 Å². The van der Waals surface area contributed by atoms with E-state index in [2.05, 4.69) is 15.5 Å². The van der Waals surface area contributed by atoms with Crippen LogP contribution >= 0.6 is 23.4 Å². The molecule has 0 saturated carbocycles. The average molecular weight is 447 g/mol. The predicted octanol–water partition coefficient (Wildman–Crippen LogP) is 4.11. The molecule has 0 radical (unpaired) electrons. The van der Waals surface area contributed by atoms with Crippen LogP contribution < -0.4 is 5.32 Å². The van der Waals surface area contributed by atoms with Crippen LogP contribution in [0.2, 0.25) is 5.02 Å². The van der Waals surface area contributed by atoms with Gasteiger partial charge in [0.1, 0.15) is 5.82 Å². The maximum Gasteiger partial charge on any atom is 0.230 e. The zero-order valence-corrected chi connectivity index (χ0v) is 17.6. The first-order chi connectivity index (χ1) is 14.6. The van der Waals surface area contributed by atoms with E-state index in [9.17, 15) is 9.18 Å². The molecule has 9 heteroatoms. The van der Waals surface area contributed by atoms with Crippen LogP contribution in [0.15, 0.2) is 53.7 Å². The fraction of sp³-hybridized carbons (Fsp3) is 0.286. The second-order valence-corrected chi connectivity index (χ2v) is 8.15. The van der Waals surface area contributed by atoms with Gasteiger partial charge in [-0.2, -0.15) is 0 Å². The lowest BCUT2D eigenvalue weighted by molar-refractivity contribution is -0.119. The lowest BCUT2D eigenvalue weighted by Crippen LogP contribution is -2.32. The van der Waals surface area contributed by atoms with Crippen LogP contribution in [0.3, 0.4) is 0 Å². The van der Waals surface area contributed by atoms with Crippen molar-refractivity contribution in [2.45, 2.75) is 24.1 Å². The first-order valence-corrected chi connectivity index (χ1v) is 11.0. The summed E-state index contributed by atoms with van der Waals surface area (Å²) in [6.45, 7) is 1.23. The summed E-state index contributed by atoms with van der Waals surface area (Å²) in [5.41, 5.74) is 0.921. The fourth-order valence-electron chi connectivity index (χ4n) is 3.24. The van der Waals surface area contributed by atoms with Crippen molar-refractivity contribution in [3.63, 3.8) is 0 Å². The van der Waals surface area contributed by atoms with Gasteiger partial charge in [-0.05, 0) is 37.1 Å². The molecule has 30 heavy (non-hydrogen) atoms. The minimum atomic E-state index is -0.421. The molecule has 1 aliphatic rings. The van der Waals surface area contributed by atoms with Gasteiger partial charge in [0.2, 0.25) is 5.91 Å². The number of hydrogen-bond acceptors (Lipinski definition) is 5. The second kappa shape index (κ2) is 9.59. The molecule has 1 N–H and O–H groups in total. The topological polar surface area (TPSA) is 69.0 Å². The van der Waals surface area contributed by atoms with Crippen molar-refractivity contribution in [1.29, 1.82) is 0 Å². The van der Waals surface area contributed by atoms with Crippen molar-refractivity contribution in [3.8, 4) is 17.1 Å². The monoisotopic (exact) mass is 446 g/mol. The number of rotatable bonds is 7. The Kier molecular flexibility index (Phi) is 6.66. The largest absolute Gasteiger partial charge is 0.376 e. The minimum absolute atomic E-state index is 0.0767. The van der Waals surface area contributed by atoms with Crippen molar-refractivity contribution < 1.29 is 13.9 Å². The lowest BCUT2D eigenvalue weighted by atomic mass is 10.2. The van der Waals surface area contributed by atoms with Gasteiger partial charge in [0.05, 0.1) is 22.6 Å². The standard InChI is InChI=1S/C21H20ClFN4O2S/c22-16-8-2-1-7-15(16)20-25-26-21(27(20)18-10-4-3-9-17(18)23)30-13-19(28)24-12-14-6-5-11-29-14/h1-4,7-10,14H,5-6,11-13H2,(H,24,28). The molecule has 0 aliphatic carbocycles. The Morgan fingerprint density at radius 2 is 2.03 bits per heavy atom. The Bertz CT molecular complexity index is 1040. The molecule has 1 amide bonds. The number of halogens is 2. The third-order valence-corrected chi connectivity index (χ3v) is 5.98. The molecule has 6 nitrogen and oxygen atoms in total. The van der Waals surface area contributed by atoms with Gasteiger partial charge in [-0.1, -0.05) is 47.6 Å². The van der Waals surface area contributed by atoms with E-state index in [4.69, 9.17) is 16.3 Å². The first-order valence-electron chi connectivity index (χ1n) is 9.60. The van der Waals surface area contributed by atoms with Crippen LogP contribution in [0, 0.1) is 5.82 Å². The van der Waals surface area contributed by atoms with E-state index in [1.54, 1.807) is 34.9 Å². The summed E-state index contributed by atoms with van der Waals surface area (Å²) in [6, 6.07) is 13.5. The number of nitrogens with zero attached hydrogens (tertiary/aromatic N) is 3. The Labute approximate surface area is 182 Å². The predicted molar refractivity (Wildman–Crippen MR) is 114 cm³/mol. The van der Waals surface area contributed by atoms with E-state index in [0.29, 0.717) is 33.8 Å². The molecule has 1 aromatic heterocycles. The fourth-order valence-corrected chi connectivity index (χ4v) is 4.24. The zero-order valence-electron chi connectivity index (χ0n) is 16.1. The number of para-hydroxylation sites is 1.